The van der Waals surface area contributed by atoms with Gasteiger partial charge in [-0.15, -0.1) is 0 Å². The molecule has 0 unspecified atom stereocenters. The van der Waals surface area contributed by atoms with E-state index in [1.807, 2.05) is 35.2 Å². The van der Waals surface area contributed by atoms with Crippen molar-refractivity contribution in [3.63, 3.8) is 0 Å². The van der Waals surface area contributed by atoms with Gasteiger partial charge in [0.2, 0.25) is 5.89 Å². The molecular weight excluding hydrogens is 505 g/mol. The van der Waals surface area contributed by atoms with Gasteiger partial charge >= 0.3 is 6.18 Å². The van der Waals surface area contributed by atoms with Gasteiger partial charge < -0.3 is 14.1 Å². The van der Waals surface area contributed by atoms with E-state index in [4.69, 9.17) is 9.15 Å². The normalized spacial score (nSPS) is 14.7. The highest BCUT2D eigenvalue weighted by atomic mass is 19.4. The van der Waals surface area contributed by atoms with Crippen molar-refractivity contribution in [2.45, 2.75) is 45.4 Å². The van der Waals surface area contributed by atoms with Crippen LogP contribution in [-0.4, -0.2) is 29.7 Å². The molecule has 5 rings (SSSR count). The summed E-state index contributed by atoms with van der Waals surface area (Å²) in [6, 6.07) is 16.2. The second-order valence-electron chi connectivity index (χ2n) is 10.2. The second kappa shape index (κ2) is 11.1. The van der Waals surface area contributed by atoms with Gasteiger partial charge in [0.05, 0.1) is 23.8 Å². The van der Waals surface area contributed by atoms with Crippen molar-refractivity contribution in [1.82, 2.24) is 9.97 Å². The van der Waals surface area contributed by atoms with Crippen molar-refractivity contribution in [1.29, 1.82) is 5.26 Å². The number of aromatic nitrogens is 2. The zero-order valence-corrected chi connectivity index (χ0v) is 21.8. The molecule has 0 atom stereocenters. The Labute approximate surface area is 225 Å². The SMILES string of the molecule is CC(C)c1cc(C#N)cc2nc(-c3ccc(COCC4CCN(c5ccc(C(F)(F)F)cn5)CC4)cc3)oc12. The molecule has 0 saturated carbocycles. The van der Waals surface area contributed by atoms with Gasteiger partial charge in [-0.25, -0.2) is 9.97 Å². The summed E-state index contributed by atoms with van der Waals surface area (Å²) in [6.07, 6.45) is -1.69. The van der Waals surface area contributed by atoms with E-state index >= 15 is 0 Å². The average molecular weight is 535 g/mol. The summed E-state index contributed by atoms with van der Waals surface area (Å²) in [7, 11) is 0. The molecule has 39 heavy (non-hydrogen) atoms. The molecule has 3 heterocycles. The maximum atomic E-state index is 12.8. The van der Waals surface area contributed by atoms with Crippen LogP contribution in [0, 0.1) is 17.2 Å². The van der Waals surface area contributed by atoms with Gasteiger partial charge in [-0.05, 0) is 66.6 Å². The van der Waals surface area contributed by atoms with Crippen LogP contribution < -0.4 is 4.90 Å². The minimum Gasteiger partial charge on any atom is -0.436 e. The number of ether oxygens (including phenoxy) is 1. The summed E-state index contributed by atoms with van der Waals surface area (Å²) < 4.78 is 50.4. The topological polar surface area (TPSA) is 75.2 Å². The molecule has 0 bridgehead atoms. The Kier molecular flexibility index (Phi) is 7.58. The fourth-order valence-electron chi connectivity index (χ4n) is 4.83. The molecule has 1 aliphatic rings. The van der Waals surface area contributed by atoms with E-state index in [-0.39, 0.29) is 5.92 Å². The van der Waals surface area contributed by atoms with Gasteiger partial charge in [-0.1, -0.05) is 26.0 Å². The zero-order chi connectivity index (χ0) is 27.6. The third kappa shape index (κ3) is 6.07. The number of benzene rings is 2. The predicted molar refractivity (Wildman–Crippen MR) is 142 cm³/mol. The number of oxazole rings is 1. The molecule has 4 aromatic rings. The minimum absolute atomic E-state index is 0.204. The van der Waals surface area contributed by atoms with Gasteiger partial charge in [0.1, 0.15) is 11.3 Å². The first-order valence-electron chi connectivity index (χ1n) is 13.0. The van der Waals surface area contributed by atoms with Crippen LogP contribution in [0.2, 0.25) is 0 Å². The number of anilines is 1. The number of fused-ring (bicyclic) bond motifs is 1. The summed E-state index contributed by atoms with van der Waals surface area (Å²) >= 11 is 0. The van der Waals surface area contributed by atoms with Crippen molar-refractivity contribution in [2.75, 3.05) is 24.6 Å². The lowest BCUT2D eigenvalue weighted by Crippen LogP contribution is -2.35. The number of alkyl halides is 3. The number of nitrogens with zero attached hydrogens (tertiary/aromatic N) is 4. The maximum absolute atomic E-state index is 12.8. The van der Waals surface area contributed by atoms with Crippen LogP contribution in [-0.2, 0) is 17.5 Å². The van der Waals surface area contributed by atoms with Crippen molar-refractivity contribution in [2.24, 2.45) is 5.92 Å². The van der Waals surface area contributed by atoms with Gasteiger partial charge in [0.15, 0.2) is 5.58 Å². The van der Waals surface area contributed by atoms with Crippen molar-refractivity contribution in [3.8, 4) is 17.5 Å². The first-order valence-corrected chi connectivity index (χ1v) is 13.0. The van der Waals surface area contributed by atoms with E-state index in [2.05, 4.69) is 29.9 Å². The molecule has 1 saturated heterocycles. The highest BCUT2D eigenvalue weighted by molar-refractivity contribution is 5.81. The fraction of sp³-hybridized carbons (Fsp3) is 0.367. The van der Waals surface area contributed by atoms with E-state index < -0.39 is 11.7 Å². The summed E-state index contributed by atoms with van der Waals surface area (Å²) in [4.78, 5) is 10.7. The van der Waals surface area contributed by atoms with Crippen molar-refractivity contribution in [3.05, 3.63) is 77.0 Å². The van der Waals surface area contributed by atoms with Crippen LogP contribution in [0.25, 0.3) is 22.6 Å². The van der Waals surface area contributed by atoms with Crippen LogP contribution in [0.4, 0.5) is 19.0 Å². The molecule has 2 aromatic heterocycles. The fourth-order valence-corrected chi connectivity index (χ4v) is 4.83. The van der Waals surface area contributed by atoms with Gasteiger partial charge in [-0.2, -0.15) is 18.4 Å². The van der Waals surface area contributed by atoms with Crippen LogP contribution in [0.1, 0.15) is 54.9 Å². The molecule has 0 amide bonds. The highest BCUT2D eigenvalue weighted by Gasteiger charge is 2.31. The first-order chi connectivity index (χ1) is 18.7. The number of pyridine rings is 1. The smallest absolute Gasteiger partial charge is 0.417 e. The van der Waals surface area contributed by atoms with Gasteiger partial charge in [0, 0.05) is 37.0 Å². The number of nitriles is 1. The van der Waals surface area contributed by atoms with Crippen molar-refractivity contribution < 1.29 is 22.3 Å². The van der Waals surface area contributed by atoms with E-state index in [1.54, 1.807) is 6.07 Å². The molecule has 1 fully saturated rings. The number of hydrogen-bond donors (Lipinski definition) is 0. The Morgan fingerprint density at radius 2 is 1.85 bits per heavy atom. The molecule has 0 aliphatic carbocycles. The van der Waals surface area contributed by atoms with Crippen molar-refractivity contribution >= 4 is 16.9 Å². The third-order valence-corrected chi connectivity index (χ3v) is 7.11. The summed E-state index contributed by atoms with van der Waals surface area (Å²) in [5.41, 5.74) is 4.09. The lowest BCUT2D eigenvalue weighted by atomic mass is 9.98. The van der Waals surface area contributed by atoms with E-state index in [1.165, 1.54) is 6.07 Å². The minimum atomic E-state index is -4.37. The van der Waals surface area contributed by atoms with Gasteiger partial charge in [0.25, 0.3) is 0 Å². The molecule has 9 heteroatoms. The molecule has 202 valence electrons. The Bertz CT molecular complexity index is 1460. The molecule has 1 aliphatic heterocycles. The Morgan fingerprint density at radius 1 is 1.10 bits per heavy atom. The lowest BCUT2D eigenvalue weighted by molar-refractivity contribution is -0.137. The van der Waals surface area contributed by atoms with Crippen LogP contribution in [0.15, 0.2) is 59.1 Å². The molecular formula is C30H29F3N4O2. The molecule has 6 nitrogen and oxygen atoms in total. The zero-order valence-electron chi connectivity index (χ0n) is 21.8. The summed E-state index contributed by atoms with van der Waals surface area (Å²) in [5.74, 6) is 1.69. The first kappa shape index (κ1) is 26.7. The molecule has 0 radical (unpaired) electrons. The predicted octanol–water partition coefficient (Wildman–Crippen LogP) is 7.34. The number of hydrogen-bond acceptors (Lipinski definition) is 6. The van der Waals surface area contributed by atoms with Crippen LogP contribution in [0.5, 0.6) is 0 Å². The highest BCUT2D eigenvalue weighted by Crippen LogP contribution is 2.32. The average Bonchev–Trinajstić information content (AvgIpc) is 3.37. The van der Waals surface area contributed by atoms with Gasteiger partial charge in [-0.3, -0.25) is 0 Å². The standard InChI is InChI=1S/C30H29F3N4O2/c1-19(2)25-13-22(15-34)14-26-28(25)39-29(36-26)23-5-3-20(4-6-23)17-38-18-21-9-11-37(12-10-21)27-8-7-24(16-35-27)30(31,32)33/h3-8,13-14,16,19,21H,9-12,17-18H2,1-2H3. The van der Waals surface area contributed by atoms with E-state index in [0.29, 0.717) is 47.5 Å². The monoisotopic (exact) mass is 534 g/mol. The Balaban J connectivity index is 1.13. The molecule has 0 spiro atoms. The quantitative estimate of drug-likeness (QED) is 0.247. The maximum Gasteiger partial charge on any atom is 0.417 e. The second-order valence-corrected chi connectivity index (χ2v) is 10.2. The number of rotatable bonds is 7. The van der Waals surface area contributed by atoms with E-state index in [9.17, 15) is 18.4 Å². The van der Waals surface area contributed by atoms with Crippen LogP contribution >= 0.6 is 0 Å². The van der Waals surface area contributed by atoms with E-state index in [0.717, 1.165) is 54.9 Å². The lowest BCUT2D eigenvalue weighted by Gasteiger charge is -2.32. The summed E-state index contributed by atoms with van der Waals surface area (Å²) in [6.45, 7) is 6.71. The third-order valence-electron chi connectivity index (χ3n) is 7.11. The molecule has 0 N–H and O–H groups in total. The summed E-state index contributed by atoms with van der Waals surface area (Å²) in [5, 5.41) is 9.35. The largest absolute Gasteiger partial charge is 0.436 e. The number of halogens is 3. The Morgan fingerprint density at radius 3 is 2.46 bits per heavy atom. The molecule has 2 aromatic carbocycles. The Hall–Kier alpha value is -3.90. The number of piperidine rings is 1. The van der Waals surface area contributed by atoms with Crippen LogP contribution in [0.3, 0.4) is 0 Å².